The Morgan fingerprint density at radius 2 is 2.50 bits per heavy atom. The number of aromatic nitrogens is 1. The first-order valence-electron chi connectivity index (χ1n) is 2.24. The molecule has 0 bridgehead atoms. The zero-order valence-corrected chi connectivity index (χ0v) is 4.31. The van der Waals surface area contributed by atoms with Gasteiger partial charge in [0.1, 0.15) is 5.69 Å². The van der Waals surface area contributed by atoms with Crippen molar-refractivity contribution in [1.82, 2.24) is 4.98 Å². The summed E-state index contributed by atoms with van der Waals surface area (Å²) in [5.41, 5.74) is 6.67. The van der Waals surface area contributed by atoms with Crippen molar-refractivity contribution >= 4 is 5.69 Å². The minimum absolute atomic E-state index is 0.632. The molecule has 8 heavy (non-hydrogen) atoms. The van der Waals surface area contributed by atoms with Crippen molar-refractivity contribution in [3.63, 3.8) is 0 Å². The summed E-state index contributed by atoms with van der Waals surface area (Å²) in [6.45, 7) is 0. The predicted octanol–water partition coefficient (Wildman–Crippen LogP) is 0.578. The standard InChI is InChI=1S/C6H6N2/c1-2-6-5(7)3-4-8-6/h1,3-4,8H,7H2. The van der Waals surface area contributed by atoms with Crippen LogP contribution in [0.4, 0.5) is 5.69 Å². The molecule has 0 aliphatic rings. The summed E-state index contributed by atoms with van der Waals surface area (Å²) in [5.74, 6) is 2.39. The number of hydrogen-bond acceptors (Lipinski definition) is 1. The van der Waals surface area contributed by atoms with E-state index >= 15 is 0 Å². The largest absolute Gasteiger partial charge is 0.396 e. The lowest BCUT2D eigenvalue weighted by atomic mass is 10.4. The normalized spacial score (nSPS) is 8.38. The summed E-state index contributed by atoms with van der Waals surface area (Å²) in [7, 11) is 0. The van der Waals surface area contributed by atoms with Crippen molar-refractivity contribution in [2.75, 3.05) is 5.73 Å². The quantitative estimate of drug-likeness (QED) is 0.467. The summed E-state index contributed by atoms with van der Waals surface area (Å²) in [4.78, 5) is 2.79. The molecule has 0 amide bonds. The molecular formula is C6H6N2. The van der Waals surface area contributed by atoms with E-state index in [1.54, 1.807) is 12.3 Å². The third kappa shape index (κ3) is 0.543. The highest BCUT2D eigenvalue weighted by Crippen LogP contribution is 2.04. The average molecular weight is 106 g/mol. The molecule has 0 spiro atoms. The first-order chi connectivity index (χ1) is 3.84. The number of nitrogens with one attached hydrogen (secondary N) is 1. The lowest BCUT2D eigenvalue weighted by Gasteiger charge is -1.81. The zero-order valence-electron chi connectivity index (χ0n) is 4.31. The molecule has 0 aliphatic carbocycles. The SMILES string of the molecule is C#Cc1[nH]ccc1N. The van der Waals surface area contributed by atoms with Crippen LogP contribution in [0.15, 0.2) is 12.3 Å². The Balaban J connectivity index is 3.15. The van der Waals surface area contributed by atoms with Gasteiger partial charge in [-0.3, -0.25) is 0 Å². The van der Waals surface area contributed by atoms with Gasteiger partial charge in [0.15, 0.2) is 0 Å². The lowest BCUT2D eigenvalue weighted by Crippen LogP contribution is -1.83. The molecule has 3 N–H and O–H groups in total. The Hall–Kier alpha value is -1.36. The van der Waals surface area contributed by atoms with Gasteiger partial charge in [-0.25, -0.2) is 0 Å². The van der Waals surface area contributed by atoms with Gasteiger partial charge in [-0.2, -0.15) is 0 Å². The molecule has 1 aromatic rings. The number of rotatable bonds is 0. The van der Waals surface area contributed by atoms with Crippen LogP contribution in [-0.4, -0.2) is 4.98 Å². The number of nitrogen functional groups attached to an aromatic ring is 1. The van der Waals surface area contributed by atoms with E-state index in [4.69, 9.17) is 12.2 Å². The second-order valence-electron chi connectivity index (χ2n) is 1.45. The minimum atomic E-state index is 0.632. The zero-order chi connectivity index (χ0) is 5.98. The monoisotopic (exact) mass is 106 g/mol. The van der Waals surface area contributed by atoms with Crippen LogP contribution in [0.3, 0.4) is 0 Å². The number of hydrogen-bond donors (Lipinski definition) is 2. The fourth-order valence-electron chi connectivity index (χ4n) is 0.506. The van der Waals surface area contributed by atoms with Gasteiger partial charge < -0.3 is 10.7 Å². The van der Waals surface area contributed by atoms with Gasteiger partial charge in [0.05, 0.1) is 5.69 Å². The van der Waals surface area contributed by atoms with E-state index in [-0.39, 0.29) is 0 Å². The van der Waals surface area contributed by atoms with E-state index in [2.05, 4.69) is 10.9 Å². The number of anilines is 1. The van der Waals surface area contributed by atoms with E-state index in [9.17, 15) is 0 Å². The molecule has 0 radical (unpaired) electrons. The van der Waals surface area contributed by atoms with Crippen molar-refractivity contribution < 1.29 is 0 Å². The van der Waals surface area contributed by atoms with Gasteiger partial charge in [-0.15, -0.1) is 6.42 Å². The van der Waals surface area contributed by atoms with Crippen molar-refractivity contribution in [3.8, 4) is 12.3 Å². The molecule has 1 heterocycles. The van der Waals surface area contributed by atoms with E-state index in [1.807, 2.05) is 0 Å². The highest BCUT2D eigenvalue weighted by molar-refractivity contribution is 5.50. The number of aromatic amines is 1. The Morgan fingerprint density at radius 3 is 2.75 bits per heavy atom. The second-order valence-corrected chi connectivity index (χ2v) is 1.45. The number of nitrogens with two attached hydrogens (primary N) is 1. The van der Waals surface area contributed by atoms with Crippen LogP contribution in [0.1, 0.15) is 5.69 Å². The molecular weight excluding hydrogens is 100 g/mol. The molecule has 1 rings (SSSR count). The van der Waals surface area contributed by atoms with Gasteiger partial charge in [-0.1, -0.05) is 5.92 Å². The van der Waals surface area contributed by atoms with Gasteiger partial charge in [0.2, 0.25) is 0 Å². The third-order valence-electron chi connectivity index (χ3n) is 0.924. The molecule has 0 aromatic carbocycles. The van der Waals surface area contributed by atoms with Crippen LogP contribution in [0.25, 0.3) is 0 Å². The van der Waals surface area contributed by atoms with Gasteiger partial charge in [0, 0.05) is 6.20 Å². The first kappa shape index (κ1) is 4.79. The maximum Gasteiger partial charge on any atom is 0.112 e. The van der Waals surface area contributed by atoms with Crippen LogP contribution >= 0.6 is 0 Å². The Morgan fingerprint density at radius 1 is 1.75 bits per heavy atom. The van der Waals surface area contributed by atoms with Crippen molar-refractivity contribution in [1.29, 1.82) is 0 Å². The Kier molecular flexibility index (Phi) is 0.974. The highest BCUT2D eigenvalue weighted by Gasteiger charge is 1.90. The van der Waals surface area contributed by atoms with Crippen molar-refractivity contribution in [2.45, 2.75) is 0 Å². The molecule has 2 heteroatoms. The third-order valence-corrected chi connectivity index (χ3v) is 0.924. The van der Waals surface area contributed by atoms with Gasteiger partial charge >= 0.3 is 0 Å². The average Bonchev–Trinajstić information content (AvgIpc) is 2.14. The van der Waals surface area contributed by atoms with E-state index < -0.39 is 0 Å². The summed E-state index contributed by atoms with van der Waals surface area (Å²) in [5, 5.41) is 0. The van der Waals surface area contributed by atoms with E-state index in [0.29, 0.717) is 11.4 Å². The van der Waals surface area contributed by atoms with Crippen molar-refractivity contribution in [2.24, 2.45) is 0 Å². The molecule has 0 aliphatic heterocycles. The fraction of sp³-hybridized carbons (Fsp3) is 0. The van der Waals surface area contributed by atoms with Crippen LogP contribution in [0.2, 0.25) is 0 Å². The van der Waals surface area contributed by atoms with Crippen LogP contribution in [0, 0.1) is 12.3 Å². The Labute approximate surface area is 47.7 Å². The molecule has 0 unspecified atom stereocenters. The molecule has 1 aromatic heterocycles. The van der Waals surface area contributed by atoms with Crippen LogP contribution in [0.5, 0.6) is 0 Å². The van der Waals surface area contributed by atoms with E-state index in [1.165, 1.54) is 0 Å². The van der Waals surface area contributed by atoms with Crippen LogP contribution in [-0.2, 0) is 0 Å². The molecule has 0 saturated heterocycles. The van der Waals surface area contributed by atoms with Gasteiger partial charge in [-0.05, 0) is 6.07 Å². The maximum absolute atomic E-state index is 5.38. The van der Waals surface area contributed by atoms with Gasteiger partial charge in [0.25, 0.3) is 0 Å². The molecule has 0 fully saturated rings. The van der Waals surface area contributed by atoms with Crippen molar-refractivity contribution in [3.05, 3.63) is 18.0 Å². The summed E-state index contributed by atoms with van der Waals surface area (Å²) in [6, 6.07) is 1.73. The smallest absolute Gasteiger partial charge is 0.112 e. The fourth-order valence-corrected chi connectivity index (χ4v) is 0.506. The predicted molar refractivity (Wildman–Crippen MR) is 33.1 cm³/mol. The summed E-state index contributed by atoms with van der Waals surface area (Å²) in [6.07, 6.45) is 6.75. The topological polar surface area (TPSA) is 41.8 Å². The number of H-pyrrole nitrogens is 1. The molecule has 0 atom stereocenters. The summed E-state index contributed by atoms with van der Waals surface area (Å²) < 4.78 is 0. The summed E-state index contributed by atoms with van der Waals surface area (Å²) >= 11 is 0. The molecule has 40 valence electrons. The Bertz CT molecular complexity index is 217. The minimum Gasteiger partial charge on any atom is -0.396 e. The lowest BCUT2D eigenvalue weighted by molar-refractivity contribution is 1.37. The number of terminal acetylenes is 1. The van der Waals surface area contributed by atoms with Crippen LogP contribution < -0.4 is 5.73 Å². The maximum atomic E-state index is 5.38. The molecule has 0 saturated carbocycles. The first-order valence-corrected chi connectivity index (χ1v) is 2.24. The highest BCUT2D eigenvalue weighted by atomic mass is 14.7. The second kappa shape index (κ2) is 1.63. The molecule has 2 nitrogen and oxygen atoms in total. The van der Waals surface area contributed by atoms with E-state index in [0.717, 1.165) is 0 Å².